The molecule has 0 bridgehead atoms. The number of nitrogens with zero attached hydrogens (tertiary/aromatic N) is 3. The first kappa shape index (κ1) is 16.0. The first-order valence-corrected chi connectivity index (χ1v) is 7.80. The second-order valence-electron chi connectivity index (χ2n) is 5.67. The van der Waals surface area contributed by atoms with Gasteiger partial charge in [0.1, 0.15) is 11.8 Å². The van der Waals surface area contributed by atoms with Gasteiger partial charge in [-0.1, -0.05) is 24.3 Å². The van der Waals surface area contributed by atoms with E-state index < -0.39 is 6.04 Å². The van der Waals surface area contributed by atoms with E-state index >= 15 is 0 Å². The molecule has 1 aromatic rings. The fourth-order valence-electron chi connectivity index (χ4n) is 2.93. The summed E-state index contributed by atoms with van der Waals surface area (Å²) in [5.74, 6) is 0.149. The average molecular weight is 329 g/mol. The molecular formula is C17H19N3O4. The van der Waals surface area contributed by atoms with Gasteiger partial charge >= 0.3 is 6.03 Å². The van der Waals surface area contributed by atoms with Crippen molar-refractivity contribution in [1.29, 1.82) is 0 Å². The molecule has 0 spiro atoms. The van der Waals surface area contributed by atoms with Crippen LogP contribution >= 0.6 is 0 Å². The topological polar surface area (TPSA) is 70.2 Å². The van der Waals surface area contributed by atoms with Crippen molar-refractivity contribution in [2.45, 2.75) is 6.04 Å². The Morgan fingerprint density at radius 2 is 2.00 bits per heavy atom. The molecule has 0 N–H and O–H groups in total. The predicted octanol–water partition coefficient (Wildman–Crippen LogP) is 0.726. The van der Waals surface area contributed by atoms with Gasteiger partial charge < -0.3 is 14.5 Å². The van der Waals surface area contributed by atoms with Gasteiger partial charge in [-0.3, -0.25) is 14.5 Å². The highest BCUT2D eigenvalue weighted by Gasteiger charge is 2.47. The molecule has 4 amide bonds. The summed E-state index contributed by atoms with van der Waals surface area (Å²) in [6, 6.07) is 8.16. The lowest BCUT2D eigenvalue weighted by molar-refractivity contribution is -0.137. The maximum atomic E-state index is 12.3. The van der Waals surface area contributed by atoms with E-state index in [2.05, 4.69) is 6.58 Å². The van der Waals surface area contributed by atoms with E-state index in [0.29, 0.717) is 18.8 Å². The van der Waals surface area contributed by atoms with Crippen LogP contribution in [-0.4, -0.2) is 71.4 Å². The zero-order valence-electron chi connectivity index (χ0n) is 13.3. The van der Waals surface area contributed by atoms with Crippen molar-refractivity contribution in [1.82, 2.24) is 14.7 Å². The predicted molar refractivity (Wildman–Crippen MR) is 86.3 cm³/mol. The molecule has 2 aliphatic rings. The molecule has 0 aliphatic carbocycles. The maximum Gasteiger partial charge on any atom is 0.327 e. The SMILES string of the molecule is C=CCN1C(=O)[C@@H]2CN(C(=O)COc3ccccc3)CCN2C1=O. The minimum atomic E-state index is -0.605. The molecule has 24 heavy (non-hydrogen) atoms. The summed E-state index contributed by atoms with van der Waals surface area (Å²) in [4.78, 5) is 41.1. The van der Waals surface area contributed by atoms with Crippen molar-refractivity contribution in [3.05, 3.63) is 43.0 Å². The van der Waals surface area contributed by atoms with Crippen LogP contribution in [0.3, 0.4) is 0 Å². The number of piperazine rings is 1. The van der Waals surface area contributed by atoms with Gasteiger partial charge in [-0.15, -0.1) is 6.58 Å². The smallest absolute Gasteiger partial charge is 0.327 e. The van der Waals surface area contributed by atoms with Crippen molar-refractivity contribution in [2.24, 2.45) is 0 Å². The molecule has 0 radical (unpaired) electrons. The molecule has 3 rings (SSSR count). The number of carbonyl (C=O) groups excluding carboxylic acids is 3. The Kier molecular flexibility index (Phi) is 4.50. The number of para-hydroxylation sites is 1. The molecule has 7 heteroatoms. The largest absolute Gasteiger partial charge is 0.484 e. The van der Waals surface area contributed by atoms with E-state index in [1.54, 1.807) is 17.0 Å². The molecule has 2 aliphatic heterocycles. The zero-order chi connectivity index (χ0) is 17.1. The van der Waals surface area contributed by atoms with Crippen LogP contribution in [0.25, 0.3) is 0 Å². The Balaban J connectivity index is 1.60. The molecular weight excluding hydrogens is 310 g/mol. The summed E-state index contributed by atoms with van der Waals surface area (Å²) in [5.41, 5.74) is 0. The third kappa shape index (κ3) is 2.97. The number of rotatable bonds is 5. The van der Waals surface area contributed by atoms with Gasteiger partial charge in [-0.05, 0) is 12.1 Å². The highest BCUT2D eigenvalue weighted by molar-refractivity contribution is 6.05. The van der Waals surface area contributed by atoms with Crippen LogP contribution in [0.2, 0.25) is 0 Å². The molecule has 0 saturated carbocycles. The Bertz CT molecular complexity index is 661. The van der Waals surface area contributed by atoms with E-state index in [-0.39, 0.29) is 37.5 Å². The lowest BCUT2D eigenvalue weighted by Gasteiger charge is -2.35. The number of imide groups is 1. The number of carbonyl (C=O) groups is 3. The third-order valence-electron chi connectivity index (χ3n) is 4.18. The quantitative estimate of drug-likeness (QED) is 0.590. The fraction of sp³-hybridized carbons (Fsp3) is 0.353. The number of benzene rings is 1. The first-order valence-electron chi connectivity index (χ1n) is 7.80. The molecule has 126 valence electrons. The van der Waals surface area contributed by atoms with Crippen molar-refractivity contribution < 1.29 is 19.1 Å². The lowest BCUT2D eigenvalue weighted by Crippen LogP contribution is -2.55. The summed E-state index contributed by atoms with van der Waals surface area (Å²) in [7, 11) is 0. The van der Waals surface area contributed by atoms with Gasteiger partial charge in [0.05, 0.1) is 6.54 Å². The number of ether oxygens (including phenoxy) is 1. The molecule has 1 aromatic carbocycles. The minimum absolute atomic E-state index is 0.0881. The van der Waals surface area contributed by atoms with E-state index in [0.717, 1.165) is 0 Å². The van der Waals surface area contributed by atoms with Gasteiger partial charge in [0.2, 0.25) is 0 Å². The van der Waals surface area contributed by atoms with E-state index in [9.17, 15) is 14.4 Å². The van der Waals surface area contributed by atoms with Gasteiger partial charge in [0.15, 0.2) is 6.61 Å². The Hall–Kier alpha value is -2.83. The monoisotopic (exact) mass is 329 g/mol. The van der Waals surface area contributed by atoms with Gasteiger partial charge in [0.25, 0.3) is 11.8 Å². The first-order chi connectivity index (χ1) is 11.6. The minimum Gasteiger partial charge on any atom is -0.484 e. The van der Waals surface area contributed by atoms with E-state index in [4.69, 9.17) is 4.74 Å². The summed E-state index contributed by atoms with van der Waals surface area (Å²) >= 11 is 0. The standard InChI is InChI=1S/C17H19N3O4/c1-2-8-20-16(22)14-11-18(9-10-19(14)17(20)23)15(21)12-24-13-6-4-3-5-7-13/h2-7,14H,1,8-12H2/t14-/m0/s1. The second kappa shape index (κ2) is 6.74. The molecule has 2 saturated heterocycles. The molecule has 0 aromatic heterocycles. The Labute approximate surface area is 140 Å². The number of urea groups is 1. The van der Waals surface area contributed by atoms with E-state index in [1.165, 1.54) is 15.9 Å². The lowest BCUT2D eigenvalue weighted by atomic mass is 10.2. The normalized spacial score (nSPS) is 20.2. The molecule has 1 atom stereocenters. The summed E-state index contributed by atoms with van der Waals surface area (Å²) in [6.45, 7) is 4.61. The second-order valence-corrected chi connectivity index (χ2v) is 5.67. The fourth-order valence-corrected chi connectivity index (χ4v) is 2.93. The number of hydrogen-bond donors (Lipinski definition) is 0. The molecule has 2 fully saturated rings. The van der Waals surface area contributed by atoms with Crippen molar-refractivity contribution in [2.75, 3.05) is 32.8 Å². The average Bonchev–Trinajstić information content (AvgIpc) is 2.85. The van der Waals surface area contributed by atoms with Crippen LogP contribution in [0.5, 0.6) is 5.75 Å². The molecule has 7 nitrogen and oxygen atoms in total. The summed E-state index contributed by atoms with van der Waals surface area (Å²) in [6.07, 6.45) is 1.52. The van der Waals surface area contributed by atoms with Crippen LogP contribution in [0, 0.1) is 0 Å². The molecule has 0 unspecified atom stereocenters. The van der Waals surface area contributed by atoms with Crippen LogP contribution in [0.15, 0.2) is 43.0 Å². The maximum absolute atomic E-state index is 12.3. The molecule has 2 heterocycles. The van der Waals surface area contributed by atoms with Gasteiger partial charge in [-0.25, -0.2) is 4.79 Å². The zero-order valence-corrected chi connectivity index (χ0v) is 13.3. The highest BCUT2D eigenvalue weighted by atomic mass is 16.5. The summed E-state index contributed by atoms with van der Waals surface area (Å²) in [5, 5.41) is 0. The van der Waals surface area contributed by atoms with Crippen molar-refractivity contribution in [3.8, 4) is 5.75 Å². The van der Waals surface area contributed by atoms with Crippen LogP contribution in [0.1, 0.15) is 0 Å². The number of fused-ring (bicyclic) bond motifs is 1. The van der Waals surface area contributed by atoms with Crippen molar-refractivity contribution >= 4 is 17.8 Å². The Morgan fingerprint density at radius 1 is 1.25 bits per heavy atom. The Morgan fingerprint density at radius 3 is 2.71 bits per heavy atom. The summed E-state index contributed by atoms with van der Waals surface area (Å²) < 4.78 is 5.46. The number of amides is 4. The highest BCUT2D eigenvalue weighted by Crippen LogP contribution is 2.22. The van der Waals surface area contributed by atoms with Crippen LogP contribution in [0.4, 0.5) is 4.79 Å². The third-order valence-corrected chi connectivity index (χ3v) is 4.18. The van der Waals surface area contributed by atoms with Gasteiger partial charge in [-0.2, -0.15) is 0 Å². The number of hydrogen-bond acceptors (Lipinski definition) is 4. The van der Waals surface area contributed by atoms with Gasteiger partial charge in [0, 0.05) is 19.6 Å². The van der Waals surface area contributed by atoms with Crippen molar-refractivity contribution in [3.63, 3.8) is 0 Å². The van der Waals surface area contributed by atoms with Crippen LogP contribution in [-0.2, 0) is 9.59 Å². The van der Waals surface area contributed by atoms with Crippen LogP contribution < -0.4 is 4.74 Å². The van der Waals surface area contributed by atoms with E-state index in [1.807, 2.05) is 18.2 Å².